The number of carbonyl (C=O) groups excluding carboxylic acids is 2. The molecule has 0 amide bonds. The molecule has 0 aliphatic heterocycles. The summed E-state index contributed by atoms with van der Waals surface area (Å²) in [5.74, 6) is -0.593. The standard InChI is InChI=1S/C21H22O3/c1-14-7-8-15(2)19(11-14)21(23)24-13-20(22)18-10-9-16-5-3-4-6-17(16)12-18/h7-12H,3-6,13H2,1-2H3. The molecule has 3 rings (SSSR count). The number of benzene rings is 2. The van der Waals surface area contributed by atoms with Crippen molar-refractivity contribution in [3.05, 3.63) is 69.8 Å². The van der Waals surface area contributed by atoms with Crippen molar-refractivity contribution in [3.63, 3.8) is 0 Å². The Balaban J connectivity index is 1.67. The molecule has 0 aromatic heterocycles. The first-order chi connectivity index (χ1) is 11.5. The third-order valence-electron chi connectivity index (χ3n) is 4.62. The lowest BCUT2D eigenvalue weighted by Gasteiger charge is -2.16. The van der Waals surface area contributed by atoms with Gasteiger partial charge in [0.15, 0.2) is 12.4 Å². The molecule has 0 saturated heterocycles. The topological polar surface area (TPSA) is 43.4 Å². The van der Waals surface area contributed by atoms with Gasteiger partial charge in [-0.25, -0.2) is 4.79 Å². The lowest BCUT2D eigenvalue weighted by atomic mass is 9.90. The molecule has 2 aromatic rings. The van der Waals surface area contributed by atoms with E-state index in [1.165, 1.54) is 24.0 Å². The molecule has 124 valence electrons. The van der Waals surface area contributed by atoms with Gasteiger partial charge in [-0.2, -0.15) is 0 Å². The SMILES string of the molecule is Cc1ccc(C)c(C(=O)OCC(=O)c2ccc3c(c2)CCCC3)c1. The van der Waals surface area contributed by atoms with Crippen LogP contribution in [0.25, 0.3) is 0 Å². The number of ether oxygens (including phenoxy) is 1. The van der Waals surface area contributed by atoms with Crippen LogP contribution in [0, 0.1) is 13.8 Å². The van der Waals surface area contributed by atoms with Crippen molar-refractivity contribution in [3.8, 4) is 0 Å². The Morgan fingerprint density at radius 1 is 0.958 bits per heavy atom. The lowest BCUT2D eigenvalue weighted by Crippen LogP contribution is -2.16. The van der Waals surface area contributed by atoms with Gasteiger partial charge in [-0.05, 0) is 68.4 Å². The van der Waals surface area contributed by atoms with E-state index in [1.54, 1.807) is 6.07 Å². The molecule has 1 aliphatic rings. The minimum absolute atomic E-state index is 0.151. The monoisotopic (exact) mass is 322 g/mol. The van der Waals surface area contributed by atoms with Crippen molar-refractivity contribution in [1.29, 1.82) is 0 Å². The predicted octanol–water partition coefficient (Wildman–Crippen LogP) is 4.22. The minimum atomic E-state index is -0.442. The van der Waals surface area contributed by atoms with Gasteiger partial charge in [-0.15, -0.1) is 0 Å². The molecule has 0 fully saturated rings. The quantitative estimate of drug-likeness (QED) is 0.625. The number of esters is 1. The number of Topliss-reactive ketones (excluding diaryl/α,β-unsaturated/α-hetero) is 1. The van der Waals surface area contributed by atoms with Crippen molar-refractivity contribution in [1.82, 2.24) is 0 Å². The smallest absolute Gasteiger partial charge is 0.338 e. The third kappa shape index (κ3) is 3.56. The second-order valence-electron chi connectivity index (χ2n) is 6.51. The highest BCUT2D eigenvalue weighted by atomic mass is 16.5. The predicted molar refractivity (Wildman–Crippen MR) is 93.6 cm³/mol. The molecular formula is C21H22O3. The summed E-state index contributed by atoms with van der Waals surface area (Å²) in [6.45, 7) is 3.57. The Bertz CT molecular complexity index is 790. The zero-order chi connectivity index (χ0) is 17.1. The van der Waals surface area contributed by atoms with Gasteiger partial charge in [0.1, 0.15) is 0 Å². The largest absolute Gasteiger partial charge is 0.454 e. The Hall–Kier alpha value is -2.42. The highest BCUT2D eigenvalue weighted by Crippen LogP contribution is 2.22. The van der Waals surface area contributed by atoms with Crippen molar-refractivity contribution in [2.75, 3.05) is 6.61 Å². The first-order valence-electron chi connectivity index (χ1n) is 8.44. The van der Waals surface area contributed by atoms with Crippen LogP contribution in [0.5, 0.6) is 0 Å². The molecule has 0 saturated carbocycles. The van der Waals surface area contributed by atoms with Gasteiger partial charge in [-0.1, -0.05) is 29.8 Å². The van der Waals surface area contributed by atoms with Crippen molar-refractivity contribution < 1.29 is 14.3 Å². The first kappa shape index (κ1) is 16.4. The van der Waals surface area contributed by atoms with Gasteiger partial charge in [0.25, 0.3) is 0 Å². The molecule has 3 nitrogen and oxygen atoms in total. The van der Waals surface area contributed by atoms with Crippen molar-refractivity contribution in [2.24, 2.45) is 0 Å². The zero-order valence-corrected chi connectivity index (χ0v) is 14.2. The fraction of sp³-hybridized carbons (Fsp3) is 0.333. The van der Waals surface area contributed by atoms with E-state index in [-0.39, 0.29) is 12.4 Å². The van der Waals surface area contributed by atoms with Gasteiger partial charge >= 0.3 is 5.97 Å². The molecule has 0 N–H and O–H groups in total. The van der Waals surface area contributed by atoms with E-state index >= 15 is 0 Å². The number of aryl methyl sites for hydroxylation is 4. The highest BCUT2D eigenvalue weighted by Gasteiger charge is 2.16. The molecular weight excluding hydrogens is 300 g/mol. The molecule has 0 radical (unpaired) electrons. The van der Waals surface area contributed by atoms with Crippen LogP contribution in [0.1, 0.15) is 55.8 Å². The van der Waals surface area contributed by atoms with E-state index in [2.05, 4.69) is 0 Å². The van der Waals surface area contributed by atoms with Gasteiger partial charge in [0.05, 0.1) is 5.56 Å². The molecule has 2 aromatic carbocycles. The average Bonchev–Trinajstić information content (AvgIpc) is 2.61. The van der Waals surface area contributed by atoms with E-state index in [1.807, 2.05) is 44.2 Å². The molecule has 0 heterocycles. The van der Waals surface area contributed by atoms with E-state index in [0.717, 1.165) is 24.0 Å². The van der Waals surface area contributed by atoms with Crippen molar-refractivity contribution >= 4 is 11.8 Å². The summed E-state index contributed by atoms with van der Waals surface area (Å²) in [7, 11) is 0. The Morgan fingerprint density at radius 3 is 2.50 bits per heavy atom. The third-order valence-corrected chi connectivity index (χ3v) is 4.62. The molecule has 0 atom stereocenters. The Labute approximate surface area is 142 Å². The van der Waals surface area contributed by atoms with Crippen LogP contribution in [0.4, 0.5) is 0 Å². The summed E-state index contributed by atoms with van der Waals surface area (Å²) in [4.78, 5) is 24.6. The summed E-state index contributed by atoms with van der Waals surface area (Å²) in [6.07, 6.45) is 4.50. The van der Waals surface area contributed by atoms with Crippen LogP contribution < -0.4 is 0 Å². The van der Waals surface area contributed by atoms with Gasteiger partial charge < -0.3 is 4.74 Å². The number of ketones is 1. The van der Waals surface area contributed by atoms with Crippen LogP contribution in [0.3, 0.4) is 0 Å². The number of hydrogen-bond acceptors (Lipinski definition) is 3. The maximum atomic E-state index is 12.3. The number of carbonyl (C=O) groups is 2. The Morgan fingerprint density at radius 2 is 1.71 bits per heavy atom. The fourth-order valence-corrected chi connectivity index (χ4v) is 3.15. The maximum absolute atomic E-state index is 12.3. The number of rotatable bonds is 4. The van der Waals surface area contributed by atoms with E-state index < -0.39 is 5.97 Å². The van der Waals surface area contributed by atoms with E-state index in [9.17, 15) is 9.59 Å². The lowest BCUT2D eigenvalue weighted by molar-refractivity contribution is 0.0474. The molecule has 1 aliphatic carbocycles. The van der Waals surface area contributed by atoms with Gasteiger partial charge in [-0.3, -0.25) is 4.79 Å². The molecule has 0 unspecified atom stereocenters. The minimum Gasteiger partial charge on any atom is -0.454 e. The molecule has 0 spiro atoms. The maximum Gasteiger partial charge on any atom is 0.338 e. The zero-order valence-electron chi connectivity index (χ0n) is 14.2. The van der Waals surface area contributed by atoms with Crippen LogP contribution in [-0.2, 0) is 17.6 Å². The van der Waals surface area contributed by atoms with Gasteiger partial charge in [0, 0.05) is 5.56 Å². The summed E-state index contributed by atoms with van der Waals surface area (Å²) in [5, 5.41) is 0. The molecule has 3 heteroatoms. The summed E-state index contributed by atoms with van der Waals surface area (Å²) in [6, 6.07) is 11.5. The fourth-order valence-electron chi connectivity index (χ4n) is 3.15. The van der Waals surface area contributed by atoms with Crippen LogP contribution in [0.2, 0.25) is 0 Å². The van der Waals surface area contributed by atoms with Crippen LogP contribution in [-0.4, -0.2) is 18.4 Å². The second-order valence-corrected chi connectivity index (χ2v) is 6.51. The van der Waals surface area contributed by atoms with E-state index in [0.29, 0.717) is 11.1 Å². The first-order valence-corrected chi connectivity index (χ1v) is 8.44. The molecule has 0 bridgehead atoms. The number of hydrogen-bond donors (Lipinski definition) is 0. The molecule has 24 heavy (non-hydrogen) atoms. The summed E-state index contributed by atoms with van der Waals surface area (Å²) < 4.78 is 5.24. The van der Waals surface area contributed by atoms with Crippen molar-refractivity contribution in [2.45, 2.75) is 39.5 Å². The Kier molecular flexibility index (Phi) is 4.79. The summed E-state index contributed by atoms with van der Waals surface area (Å²) >= 11 is 0. The van der Waals surface area contributed by atoms with E-state index in [4.69, 9.17) is 4.74 Å². The van der Waals surface area contributed by atoms with Crippen LogP contribution >= 0.6 is 0 Å². The number of fused-ring (bicyclic) bond motifs is 1. The average molecular weight is 322 g/mol. The van der Waals surface area contributed by atoms with Gasteiger partial charge in [0.2, 0.25) is 0 Å². The normalized spacial score (nSPS) is 13.2. The van der Waals surface area contributed by atoms with Crippen LogP contribution in [0.15, 0.2) is 36.4 Å². The summed E-state index contributed by atoms with van der Waals surface area (Å²) in [5.41, 5.74) is 5.59. The second kappa shape index (κ2) is 7.00. The highest BCUT2D eigenvalue weighted by molar-refractivity contribution is 5.99.